The molecule has 0 fully saturated rings. The second-order valence-corrected chi connectivity index (χ2v) is 24.9. The smallest absolute Gasteiger partial charge is 0.326 e. The maximum atomic E-state index is 15.3. The van der Waals surface area contributed by atoms with Crippen molar-refractivity contribution in [3.05, 3.63) is 108 Å². The van der Waals surface area contributed by atoms with E-state index in [-0.39, 0.29) is 109 Å². The number of hydrogen-bond acceptors (Lipinski definition) is 15. The quantitative estimate of drug-likeness (QED) is 0.0110. The fourth-order valence-electron chi connectivity index (χ4n) is 11.4. The number of hydrogen-bond donors (Lipinski definition) is 24. The third-order valence-electron chi connectivity index (χ3n) is 17.2. The van der Waals surface area contributed by atoms with Crippen molar-refractivity contribution in [1.29, 1.82) is 16.2 Å². The Kier molecular flexibility index (Phi) is 30.4. The zero-order valence-corrected chi connectivity index (χ0v) is 56.9. The number of aliphatic carboxylic acids is 1. The van der Waals surface area contributed by atoms with E-state index in [1.54, 1.807) is 81.0 Å². The fraction of sp³-hybridized carbons (Fsp3) is 0.433. The first-order valence-electron chi connectivity index (χ1n) is 33.5. The number of rotatable bonds is 43. The van der Waals surface area contributed by atoms with Gasteiger partial charge in [-0.25, -0.2) is 4.79 Å². The van der Waals surface area contributed by atoms with E-state index < -0.39 is 144 Å². The zero-order valence-electron chi connectivity index (χ0n) is 56.9. The van der Waals surface area contributed by atoms with Crippen LogP contribution in [0.2, 0.25) is 0 Å². The summed E-state index contributed by atoms with van der Waals surface area (Å²) in [7, 11) is 0. The normalized spacial score (nSPS) is 14.1. The van der Waals surface area contributed by atoms with Crippen molar-refractivity contribution in [3.63, 3.8) is 0 Å². The molecule has 0 bridgehead atoms. The molecule has 102 heavy (non-hydrogen) atoms. The molecule has 6 rings (SSSR count). The molecular weight excluding hydrogens is 1320 g/mol. The summed E-state index contributed by atoms with van der Waals surface area (Å²) in [4.78, 5) is 163. The second kappa shape index (κ2) is 39.1. The number of primary amides is 2. The summed E-state index contributed by atoms with van der Waals surface area (Å²) in [5, 5.41) is 64.1. The Morgan fingerprint density at radius 3 is 1.08 bits per heavy atom. The summed E-state index contributed by atoms with van der Waals surface area (Å²) in [6.45, 7) is 3.45. The minimum absolute atomic E-state index is 0.0109. The van der Waals surface area contributed by atoms with Crippen molar-refractivity contribution in [1.82, 2.24) is 73.4 Å². The lowest BCUT2D eigenvalue weighted by Crippen LogP contribution is -2.61. The number of guanidine groups is 3. The summed E-state index contributed by atoms with van der Waals surface area (Å²) in [6.07, 6.45) is 3.13. The van der Waals surface area contributed by atoms with E-state index in [1.807, 2.05) is 24.3 Å². The number of fused-ring (bicyclic) bond motifs is 3. The van der Waals surface area contributed by atoms with Crippen LogP contribution in [0.4, 0.5) is 0 Å². The van der Waals surface area contributed by atoms with Gasteiger partial charge in [0.1, 0.15) is 48.3 Å². The summed E-state index contributed by atoms with van der Waals surface area (Å²) in [5.41, 5.74) is 38.0. The first-order chi connectivity index (χ1) is 48.6. The number of para-hydroxylation sites is 3. The van der Waals surface area contributed by atoms with Crippen molar-refractivity contribution in [2.24, 2.45) is 40.3 Å². The number of amides is 10. The van der Waals surface area contributed by atoms with Crippen LogP contribution in [0.5, 0.6) is 0 Å². The maximum absolute atomic E-state index is 15.3. The molecule has 0 aliphatic heterocycles. The molecule has 10 atom stereocenters. The molecule has 6 aromatic rings. The van der Waals surface area contributed by atoms with Gasteiger partial charge in [-0.15, -0.1) is 0 Å². The number of aromatic nitrogens is 3. The molecule has 10 amide bonds. The Balaban J connectivity index is 1.31. The molecule has 3 heterocycles. The van der Waals surface area contributed by atoms with Crippen LogP contribution in [-0.2, 0) is 72.0 Å². The number of aromatic amines is 3. The monoisotopic (exact) mass is 1410 g/mol. The van der Waals surface area contributed by atoms with Crippen LogP contribution in [-0.4, -0.2) is 177 Å². The summed E-state index contributed by atoms with van der Waals surface area (Å²) in [6, 6.07) is 8.36. The van der Waals surface area contributed by atoms with Gasteiger partial charge in [0, 0.05) is 96.6 Å². The van der Waals surface area contributed by atoms with Crippen molar-refractivity contribution < 1.29 is 57.8 Å². The first kappa shape index (κ1) is 79.2. The third kappa shape index (κ3) is 24.6. The molecule has 0 saturated heterocycles. The Bertz CT molecular complexity index is 3960. The van der Waals surface area contributed by atoms with Crippen LogP contribution in [0.25, 0.3) is 32.7 Å². The number of carboxylic acids is 1. The van der Waals surface area contributed by atoms with E-state index >= 15 is 14.4 Å². The summed E-state index contributed by atoms with van der Waals surface area (Å²) >= 11 is 0. The number of nitrogens with two attached hydrogens (primary N) is 6. The van der Waals surface area contributed by atoms with Crippen LogP contribution in [0.15, 0.2) is 91.4 Å². The third-order valence-corrected chi connectivity index (χ3v) is 17.2. The predicted octanol–water partition coefficient (Wildman–Crippen LogP) is -2.18. The average molecular weight is 1410 g/mol. The molecule has 0 radical (unpaired) electrons. The second-order valence-electron chi connectivity index (χ2n) is 24.9. The molecule has 550 valence electrons. The van der Waals surface area contributed by atoms with Gasteiger partial charge in [0.05, 0.1) is 6.04 Å². The lowest BCUT2D eigenvalue weighted by atomic mass is 9.96. The van der Waals surface area contributed by atoms with Crippen LogP contribution in [0.1, 0.15) is 101 Å². The van der Waals surface area contributed by atoms with Gasteiger partial charge < -0.3 is 113 Å². The van der Waals surface area contributed by atoms with E-state index in [1.165, 1.54) is 0 Å². The van der Waals surface area contributed by atoms with E-state index in [0.29, 0.717) is 32.9 Å². The van der Waals surface area contributed by atoms with E-state index in [2.05, 4.69) is 73.4 Å². The zero-order chi connectivity index (χ0) is 74.6. The molecule has 30 N–H and O–H groups in total. The van der Waals surface area contributed by atoms with Gasteiger partial charge in [-0.2, -0.15) is 0 Å². The minimum atomic E-state index is -1.57. The first-order valence-corrected chi connectivity index (χ1v) is 33.5. The van der Waals surface area contributed by atoms with E-state index in [0.717, 1.165) is 16.5 Å². The van der Waals surface area contributed by atoms with Gasteiger partial charge in [-0.1, -0.05) is 74.9 Å². The number of carboxylic acid groups (broad SMARTS) is 1. The van der Waals surface area contributed by atoms with Gasteiger partial charge in [-0.3, -0.25) is 64.2 Å². The summed E-state index contributed by atoms with van der Waals surface area (Å²) in [5.74, 6) is -12.2. The molecule has 3 aromatic carbocycles. The summed E-state index contributed by atoms with van der Waals surface area (Å²) < 4.78 is 0. The average Bonchev–Trinajstić information content (AvgIpc) is 1.59. The van der Waals surface area contributed by atoms with E-state index in [9.17, 15) is 43.5 Å². The molecule has 35 heteroatoms. The van der Waals surface area contributed by atoms with Crippen molar-refractivity contribution in [2.75, 3.05) is 19.6 Å². The molecule has 0 unspecified atom stereocenters. The van der Waals surface area contributed by atoms with Crippen LogP contribution in [0, 0.1) is 22.1 Å². The lowest BCUT2D eigenvalue weighted by Gasteiger charge is -2.30. The van der Waals surface area contributed by atoms with Gasteiger partial charge in [-0.05, 0) is 98.6 Å². The number of benzene rings is 3. The largest absolute Gasteiger partial charge is 0.480 e. The Labute approximate surface area is 587 Å². The van der Waals surface area contributed by atoms with Gasteiger partial charge in [0.25, 0.3) is 0 Å². The topological polar surface area (TPSA) is 615 Å². The SMILES string of the molecule is CC[C@H](C)[C@H](NC(=O)[C@H](CCCNC(=N)N)NC(=O)[C@H](CCCNC(=N)N)NC(=O)[C@H](Cc1c[nH]c2ccccc12)NC(=O)[C@H](Cc1c[nH]c2ccccc12)NC(=O)[C@H](CCC(N)=O)NC(=O)[C@@H](N)Cc1c[nH]c2ccccc12)C(=O)N[C@@H](CCC(N)=O)C(=O)N[C@@H](CCCNC(=N)N)C(=O)O. The van der Waals surface area contributed by atoms with Crippen molar-refractivity contribution in [3.8, 4) is 0 Å². The molecular formula is C67H95N23O12. The Morgan fingerprint density at radius 2 is 0.716 bits per heavy atom. The maximum Gasteiger partial charge on any atom is 0.326 e. The molecule has 0 saturated carbocycles. The highest BCUT2D eigenvalue weighted by atomic mass is 16.4. The molecule has 35 nitrogen and oxygen atoms in total. The molecule has 0 aliphatic rings. The number of H-pyrrole nitrogens is 3. The highest BCUT2D eigenvalue weighted by molar-refractivity contribution is 6.00. The Morgan fingerprint density at radius 1 is 0.412 bits per heavy atom. The number of nitrogens with one attached hydrogen (secondary N) is 17. The molecule has 0 spiro atoms. The minimum Gasteiger partial charge on any atom is -0.480 e. The number of carbonyl (C=O) groups is 11. The van der Waals surface area contributed by atoms with Crippen LogP contribution in [0.3, 0.4) is 0 Å². The molecule has 0 aliphatic carbocycles. The van der Waals surface area contributed by atoms with Crippen LogP contribution < -0.4 is 92.9 Å². The highest BCUT2D eigenvalue weighted by Crippen LogP contribution is 2.23. The lowest BCUT2D eigenvalue weighted by molar-refractivity contribution is -0.142. The van der Waals surface area contributed by atoms with Crippen molar-refractivity contribution >= 4 is 116 Å². The van der Waals surface area contributed by atoms with Gasteiger partial charge >= 0.3 is 5.97 Å². The number of carbonyl (C=O) groups excluding carboxylic acids is 10. The van der Waals surface area contributed by atoms with Crippen LogP contribution >= 0.6 is 0 Å². The van der Waals surface area contributed by atoms with Gasteiger partial charge in [0.15, 0.2) is 17.9 Å². The van der Waals surface area contributed by atoms with E-state index in [4.69, 9.17) is 50.6 Å². The predicted molar refractivity (Wildman–Crippen MR) is 381 cm³/mol. The highest BCUT2D eigenvalue weighted by Gasteiger charge is 2.37. The Hall–Kier alpha value is -11.8. The molecule has 3 aromatic heterocycles. The fourth-order valence-corrected chi connectivity index (χ4v) is 11.4. The van der Waals surface area contributed by atoms with Gasteiger partial charge in [0.2, 0.25) is 59.1 Å². The van der Waals surface area contributed by atoms with Crippen molar-refractivity contribution in [2.45, 2.75) is 158 Å². The standard InChI is InChI=1S/C67H95N23O12/c1-3-35(2)55(63(100)86-49(23-25-54(70)92)58(95)87-50(64(101)102)21-12-28-79-67(75)76)90-60(97)47(20-11-27-78-66(73)74)84-57(94)46(19-10-26-77-65(71)72)85-61(98)51(30-37-33-81-44-17-8-5-14-40(37)44)89-62(99)52(31-38-34-82-45-18-9-6-15-41(38)45)88-59(96)48(22-24-53(69)91)83-56(93)42(68)29-36-32-80-43-16-7-4-13-39(36)43/h4-9,13-18,32-35,42,46-52,55,80-82H,3,10-12,19-31,68H2,1-2H3,(H2,69,91)(H2,70,92)(H,83,93)(H,84,94)(H,85,98)(H,86,100)(H,87,95)(H,88,96)(H,89,99)(H,90,97)(H,101,102)(H4,71,72,77)(H4,73,74,78)(H4,75,76,79)/t35-,42-,46-,47-,48-,49-,50-,51-,52-,55-/m0/s1.